The summed E-state index contributed by atoms with van der Waals surface area (Å²) in [6.45, 7) is 2.06. The Labute approximate surface area is 117 Å². The van der Waals surface area contributed by atoms with Gasteiger partial charge in [-0.1, -0.05) is 6.92 Å². The molecular formula is C13H16ClNO3S. The van der Waals surface area contributed by atoms with Crippen molar-refractivity contribution in [1.82, 2.24) is 5.32 Å². The summed E-state index contributed by atoms with van der Waals surface area (Å²) in [5.74, 6) is -0.167. The fourth-order valence-corrected chi connectivity index (χ4v) is 3.02. The lowest BCUT2D eigenvalue weighted by atomic mass is 9.74. The molecule has 0 saturated heterocycles. The van der Waals surface area contributed by atoms with E-state index < -0.39 is 9.05 Å². The molecule has 19 heavy (non-hydrogen) atoms. The first-order valence-electron chi connectivity index (χ1n) is 6.24. The number of hydrogen-bond acceptors (Lipinski definition) is 3. The second-order valence-electron chi connectivity index (χ2n) is 4.90. The summed E-state index contributed by atoms with van der Waals surface area (Å²) in [5, 5.41) is 3.03. The van der Waals surface area contributed by atoms with Crippen LogP contribution >= 0.6 is 10.7 Å². The molecule has 104 valence electrons. The standard InChI is InChI=1S/C13H16ClNO3S/c1-2-13(8-3-9-13)15-12(16)10-4-6-11(7-5-10)19(14,17)18/h4-7H,2-3,8-9H2,1H3,(H,15,16). The molecule has 1 aromatic carbocycles. The van der Waals surface area contributed by atoms with Gasteiger partial charge in [-0.15, -0.1) is 0 Å². The molecule has 1 amide bonds. The Morgan fingerprint density at radius 1 is 1.32 bits per heavy atom. The van der Waals surface area contributed by atoms with E-state index >= 15 is 0 Å². The van der Waals surface area contributed by atoms with Crippen molar-refractivity contribution in [3.8, 4) is 0 Å². The van der Waals surface area contributed by atoms with Crippen molar-refractivity contribution in [3.63, 3.8) is 0 Å². The van der Waals surface area contributed by atoms with Crippen molar-refractivity contribution in [2.24, 2.45) is 0 Å². The number of benzene rings is 1. The molecule has 1 saturated carbocycles. The molecule has 1 fully saturated rings. The first-order valence-corrected chi connectivity index (χ1v) is 8.54. The van der Waals surface area contributed by atoms with Crippen molar-refractivity contribution in [2.45, 2.75) is 43.0 Å². The number of nitrogens with one attached hydrogen (secondary N) is 1. The lowest BCUT2D eigenvalue weighted by Crippen LogP contribution is -2.52. The van der Waals surface area contributed by atoms with Gasteiger partial charge in [0.25, 0.3) is 15.0 Å². The Bertz CT molecular complexity index is 571. The Morgan fingerprint density at radius 3 is 2.26 bits per heavy atom. The molecule has 1 aromatic rings. The van der Waals surface area contributed by atoms with Crippen LogP contribution in [0.25, 0.3) is 0 Å². The predicted molar refractivity (Wildman–Crippen MR) is 73.8 cm³/mol. The molecule has 1 N–H and O–H groups in total. The second-order valence-corrected chi connectivity index (χ2v) is 7.47. The van der Waals surface area contributed by atoms with Crippen LogP contribution in [0.15, 0.2) is 29.2 Å². The summed E-state index contributed by atoms with van der Waals surface area (Å²) in [6, 6.07) is 5.65. The molecule has 0 aliphatic heterocycles. The third kappa shape index (κ3) is 3.09. The third-order valence-corrected chi connectivity index (χ3v) is 5.13. The topological polar surface area (TPSA) is 63.2 Å². The van der Waals surface area contributed by atoms with E-state index in [4.69, 9.17) is 10.7 Å². The van der Waals surface area contributed by atoms with E-state index in [9.17, 15) is 13.2 Å². The van der Waals surface area contributed by atoms with Crippen LogP contribution < -0.4 is 5.32 Å². The zero-order valence-electron chi connectivity index (χ0n) is 10.6. The molecule has 0 bridgehead atoms. The van der Waals surface area contributed by atoms with Gasteiger partial charge in [-0.25, -0.2) is 8.42 Å². The van der Waals surface area contributed by atoms with Crippen molar-refractivity contribution >= 4 is 25.6 Å². The number of amides is 1. The Balaban J connectivity index is 2.12. The number of carbonyl (C=O) groups is 1. The maximum Gasteiger partial charge on any atom is 0.261 e. The molecule has 1 aliphatic carbocycles. The molecule has 0 heterocycles. The van der Waals surface area contributed by atoms with E-state index in [0.29, 0.717) is 5.56 Å². The maximum absolute atomic E-state index is 12.1. The first-order chi connectivity index (χ1) is 8.86. The zero-order chi connectivity index (χ0) is 14.1. The highest BCUT2D eigenvalue weighted by molar-refractivity contribution is 8.13. The van der Waals surface area contributed by atoms with Crippen molar-refractivity contribution in [2.75, 3.05) is 0 Å². The van der Waals surface area contributed by atoms with Gasteiger partial charge in [0.05, 0.1) is 4.90 Å². The summed E-state index contributed by atoms with van der Waals surface area (Å²) in [7, 11) is 1.48. The molecular weight excluding hydrogens is 286 g/mol. The molecule has 0 unspecified atom stereocenters. The number of hydrogen-bond donors (Lipinski definition) is 1. The first kappa shape index (κ1) is 14.3. The van der Waals surface area contributed by atoms with Crippen LogP contribution in [-0.4, -0.2) is 19.9 Å². The fraction of sp³-hybridized carbons (Fsp3) is 0.462. The highest BCUT2D eigenvalue weighted by Crippen LogP contribution is 2.34. The number of rotatable bonds is 4. The van der Waals surface area contributed by atoms with E-state index in [2.05, 4.69) is 12.2 Å². The molecule has 0 aromatic heterocycles. The Hall–Kier alpha value is -1.07. The molecule has 4 nitrogen and oxygen atoms in total. The molecule has 2 rings (SSSR count). The lowest BCUT2D eigenvalue weighted by Gasteiger charge is -2.42. The van der Waals surface area contributed by atoms with Crippen LogP contribution in [0.1, 0.15) is 43.0 Å². The number of halogens is 1. The van der Waals surface area contributed by atoms with Gasteiger partial charge >= 0.3 is 0 Å². The summed E-state index contributed by atoms with van der Waals surface area (Å²) >= 11 is 0. The minimum absolute atomic E-state index is 0.000402. The Kier molecular flexibility index (Phi) is 3.87. The lowest BCUT2D eigenvalue weighted by molar-refractivity contribution is 0.0820. The van der Waals surface area contributed by atoms with Crippen molar-refractivity contribution in [3.05, 3.63) is 29.8 Å². The van der Waals surface area contributed by atoms with Gasteiger partial charge in [-0.2, -0.15) is 0 Å². The van der Waals surface area contributed by atoms with Gasteiger partial charge in [0.15, 0.2) is 0 Å². The van der Waals surface area contributed by atoms with Crippen molar-refractivity contribution < 1.29 is 13.2 Å². The van der Waals surface area contributed by atoms with Gasteiger partial charge in [0.1, 0.15) is 0 Å². The van der Waals surface area contributed by atoms with Crippen molar-refractivity contribution in [1.29, 1.82) is 0 Å². The normalized spacial score (nSPS) is 17.6. The summed E-state index contributed by atoms with van der Waals surface area (Å²) in [6.07, 6.45) is 4.05. The molecule has 0 spiro atoms. The third-order valence-electron chi connectivity index (χ3n) is 3.76. The van der Waals surface area contributed by atoms with Crippen LogP contribution in [0.5, 0.6) is 0 Å². The molecule has 0 radical (unpaired) electrons. The molecule has 6 heteroatoms. The van der Waals surface area contributed by atoms with Crippen LogP contribution in [0, 0.1) is 0 Å². The average Bonchev–Trinajstić information content (AvgIpc) is 2.32. The van der Waals surface area contributed by atoms with E-state index in [1.807, 2.05) is 0 Å². The largest absolute Gasteiger partial charge is 0.347 e. The fourth-order valence-electron chi connectivity index (χ4n) is 2.25. The predicted octanol–water partition coefficient (Wildman–Crippen LogP) is 2.68. The smallest absolute Gasteiger partial charge is 0.261 e. The monoisotopic (exact) mass is 301 g/mol. The minimum Gasteiger partial charge on any atom is -0.347 e. The summed E-state index contributed by atoms with van der Waals surface area (Å²) < 4.78 is 22.2. The van der Waals surface area contributed by atoms with E-state index in [1.54, 1.807) is 0 Å². The highest BCUT2D eigenvalue weighted by atomic mass is 35.7. The SMILES string of the molecule is CCC1(NC(=O)c2ccc(S(=O)(=O)Cl)cc2)CCC1. The van der Waals surface area contributed by atoms with Gasteiger partial charge in [0.2, 0.25) is 0 Å². The minimum atomic E-state index is -3.74. The average molecular weight is 302 g/mol. The van der Waals surface area contributed by atoms with E-state index in [0.717, 1.165) is 25.7 Å². The van der Waals surface area contributed by atoms with Gasteiger partial charge in [-0.05, 0) is 49.9 Å². The van der Waals surface area contributed by atoms with Crippen LogP contribution in [0.3, 0.4) is 0 Å². The van der Waals surface area contributed by atoms with Crippen LogP contribution in [-0.2, 0) is 9.05 Å². The zero-order valence-corrected chi connectivity index (χ0v) is 12.2. The Morgan fingerprint density at radius 2 is 1.89 bits per heavy atom. The summed E-state index contributed by atoms with van der Waals surface area (Å²) in [4.78, 5) is 12.1. The van der Waals surface area contributed by atoms with Crippen LogP contribution in [0.2, 0.25) is 0 Å². The quantitative estimate of drug-likeness (QED) is 0.870. The number of carbonyl (C=O) groups excluding carboxylic acids is 1. The maximum atomic E-state index is 12.1. The van der Waals surface area contributed by atoms with E-state index in [1.165, 1.54) is 24.3 Å². The molecule has 1 aliphatic rings. The van der Waals surface area contributed by atoms with Crippen LogP contribution in [0.4, 0.5) is 0 Å². The van der Waals surface area contributed by atoms with Gasteiger partial charge in [-0.3, -0.25) is 4.79 Å². The highest BCUT2D eigenvalue weighted by Gasteiger charge is 2.36. The van der Waals surface area contributed by atoms with Gasteiger partial charge in [0, 0.05) is 21.8 Å². The summed E-state index contributed by atoms with van der Waals surface area (Å²) in [5.41, 5.74) is 0.373. The second kappa shape index (κ2) is 5.13. The van der Waals surface area contributed by atoms with Gasteiger partial charge < -0.3 is 5.32 Å². The van der Waals surface area contributed by atoms with E-state index in [-0.39, 0.29) is 16.3 Å². The molecule has 0 atom stereocenters.